The van der Waals surface area contributed by atoms with E-state index in [9.17, 15) is 14.4 Å². The van der Waals surface area contributed by atoms with Gasteiger partial charge in [-0.3, -0.25) is 10.2 Å². The molecule has 0 saturated carbocycles. The van der Waals surface area contributed by atoms with Crippen molar-refractivity contribution in [2.45, 2.75) is 0 Å². The average Bonchev–Trinajstić information content (AvgIpc) is 2.38. The first-order chi connectivity index (χ1) is 9.65. The Morgan fingerprint density at radius 3 is 1.52 bits per heavy atom. The summed E-state index contributed by atoms with van der Waals surface area (Å²) in [6, 6.07) is 5.02. The largest absolute Gasteiger partial charge is 0.480 e. The number of rotatable bonds is 4. The number of carboxylic acids is 3. The molecule has 9 nitrogen and oxygen atoms in total. The second-order valence-corrected chi connectivity index (χ2v) is 3.82. The van der Waals surface area contributed by atoms with Crippen molar-refractivity contribution in [1.29, 1.82) is 5.41 Å². The molecule has 0 atom stereocenters. The van der Waals surface area contributed by atoms with Crippen LogP contribution in [0, 0.1) is 5.41 Å². The molecule has 0 fully saturated rings. The number of hydrogen-bond donors (Lipinski definition) is 5. The van der Waals surface area contributed by atoms with Crippen molar-refractivity contribution >= 4 is 23.9 Å². The van der Waals surface area contributed by atoms with Crippen molar-refractivity contribution in [1.82, 2.24) is 4.90 Å². The minimum Gasteiger partial charge on any atom is -0.480 e. The number of aliphatic carboxylic acids is 1. The highest BCUT2D eigenvalue weighted by atomic mass is 16.4. The summed E-state index contributed by atoms with van der Waals surface area (Å²) in [4.78, 5) is 31.7. The third-order valence-electron chi connectivity index (χ3n) is 2.16. The molecule has 0 aromatic heterocycles. The van der Waals surface area contributed by atoms with Crippen LogP contribution in [0.1, 0.15) is 20.7 Å². The molecule has 9 heteroatoms. The number of guanidine groups is 1. The Labute approximate surface area is 119 Å². The maximum Gasteiger partial charge on any atom is 0.335 e. The molecule has 0 unspecified atom stereocenters. The fourth-order valence-electron chi connectivity index (χ4n) is 1.04. The van der Waals surface area contributed by atoms with Gasteiger partial charge in [-0.05, 0) is 24.3 Å². The summed E-state index contributed by atoms with van der Waals surface area (Å²) in [5, 5.41) is 31.8. The zero-order valence-corrected chi connectivity index (χ0v) is 11.1. The van der Waals surface area contributed by atoms with Gasteiger partial charge in [0, 0.05) is 7.05 Å². The molecule has 0 saturated heterocycles. The fourth-order valence-corrected chi connectivity index (χ4v) is 1.04. The first kappa shape index (κ1) is 17.9. The van der Waals surface area contributed by atoms with Crippen LogP contribution in [-0.2, 0) is 4.79 Å². The van der Waals surface area contributed by atoms with Gasteiger partial charge in [-0.15, -0.1) is 0 Å². The lowest BCUT2D eigenvalue weighted by molar-refractivity contribution is -0.137. The summed E-state index contributed by atoms with van der Waals surface area (Å²) >= 11 is 0. The summed E-state index contributed by atoms with van der Waals surface area (Å²) < 4.78 is 0. The zero-order chi connectivity index (χ0) is 16.6. The lowest BCUT2D eigenvalue weighted by Crippen LogP contribution is -2.36. The Kier molecular flexibility index (Phi) is 6.94. The van der Waals surface area contributed by atoms with Crippen LogP contribution in [0.2, 0.25) is 0 Å². The van der Waals surface area contributed by atoms with Gasteiger partial charge in [-0.2, -0.15) is 0 Å². The maximum atomic E-state index is 10.3. The Morgan fingerprint density at radius 2 is 1.38 bits per heavy atom. The van der Waals surface area contributed by atoms with Crippen LogP contribution < -0.4 is 5.73 Å². The number of benzene rings is 1. The van der Waals surface area contributed by atoms with Crippen LogP contribution in [0.15, 0.2) is 24.3 Å². The van der Waals surface area contributed by atoms with Crippen LogP contribution >= 0.6 is 0 Å². The smallest absolute Gasteiger partial charge is 0.335 e. The molecule has 1 rings (SSSR count). The molecule has 114 valence electrons. The molecule has 0 aliphatic heterocycles. The number of carbonyl (C=O) groups is 3. The van der Waals surface area contributed by atoms with E-state index in [0.29, 0.717) is 0 Å². The molecule has 0 aliphatic carbocycles. The molecule has 1 aromatic carbocycles. The standard InChI is InChI=1S/C8H6O4.C4H9N3O2/c9-7(10)5-1-2-6(4-3-5)8(11)12;1-7(4(5)6)2-3(8)9/h1-4H,(H,9,10)(H,11,12);2H2,1H3,(H3,5,6)(H,8,9). The number of carboxylic acid groups (broad SMARTS) is 3. The van der Waals surface area contributed by atoms with E-state index in [4.69, 9.17) is 26.5 Å². The first-order valence-electron chi connectivity index (χ1n) is 5.48. The van der Waals surface area contributed by atoms with E-state index in [1.54, 1.807) is 0 Å². The van der Waals surface area contributed by atoms with E-state index < -0.39 is 17.9 Å². The minimum absolute atomic E-state index is 0.0833. The number of hydrogen-bond acceptors (Lipinski definition) is 4. The number of nitrogens with zero attached hydrogens (tertiary/aromatic N) is 1. The number of nitrogens with two attached hydrogens (primary N) is 1. The van der Waals surface area contributed by atoms with E-state index in [2.05, 4.69) is 0 Å². The summed E-state index contributed by atoms with van der Waals surface area (Å²) in [5.41, 5.74) is 5.10. The number of nitrogens with one attached hydrogen (secondary N) is 1. The van der Waals surface area contributed by atoms with E-state index in [1.807, 2.05) is 0 Å². The lowest BCUT2D eigenvalue weighted by Gasteiger charge is -2.12. The van der Waals surface area contributed by atoms with Gasteiger partial charge in [0.05, 0.1) is 11.1 Å². The van der Waals surface area contributed by atoms with Crippen LogP contribution in [0.25, 0.3) is 0 Å². The van der Waals surface area contributed by atoms with Crippen molar-refractivity contribution in [3.8, 4) is 0 Å². The summed E-state index contributed by atoms with van der Waals surface area (Å²) in [7, 11) is 1.44. The average molecular weight is 297 g/mol. The molecular weight excluding hydrogens is 282 g/mol. The fraction of sp³-hybridized carbons (Fsp3) is 0.167. The highest BCUT2D eigenvalue weighted by Crippen LogP contribution is 2.03. The summed E-state index contributed by atoms with van der Waals surface area (Å²) in [5.74, 6) is -3.36. The number of aromatic carboxylic acids is 2. The maximum absolute atomic E-state index is 10.3. The van der Waals surface area contributed by atoms with Crippen LogP contribution in [0.5, 0.6) is 0 Å². The van der Waals surface area contributed by atoms with Gasteiger partial charge in [-0.25, -0.2) is 9.59 Å². The Balaban J connectivity index is 0.000000400. The predicted octanol–water partition coefficient (Wildman–Crippen LogP) is -0.0207. The normalized spacial score (nSPS) is 9.00. The highest BCUT2D eigenvalue weighted by Gasteiger charge is 2.05. The molecule has 6 N–H and O–H groups in total. The second-order valence-electron chi connectivity index (χ2n) is 3.82. The monoisotopic (exact) mass is 297 g/mol. The van der Waals surface area contributed by atoms with Gasteiger partial charge in [-0.1, -0.05) is 0 Å². The van der Waals surface area contributed by atoms with Gasteiger partial charge in [0.25, 0.3) is 0 Å². The zero-order valence-electron chi connectivity index (χ0n) is 11.1. The molecule has 0 radical (unpaired) electrons. The molecule has 0 aliphatic rings. The van der Waals surface area contributed by atoms with Gasteiger partial charge in [0.2, 0.25) is 0 Å². The van der Waals surface area contributed by atoms with Crippen LogP contribution in [0.3, 0.4) is 0 Å². The van der Waals surface area contributed by atoms with E-state index >= 15 is 0 Å². The van der Waals surface area contributed by atoms with Gasteiger partial charge >= 0.3 is 17.9 Å². The molecule has 0 amide bonds. The number of likely N-dealkylation sites (N-methyl/N-ethyl adjacent to an activating group) is 1. The molecule has 1 aromatic rings. The van der Waals surface area contributed by atoms with E-state index in [-0.39, 0.29) is 23.6 Å². The summed E-state index contributed by atoms with van der Waals surface area (Å²) in [6.07, 6.45) is 0. The van der Waals surface area contributed by atoms with Crippen LogP contribution in [-0.4, -0.2) is 57.7 Å². The Bertz CT molecular complexity index is 507. The second kappa shape index (κ2) is 8.15. The molecule has 0 spiro atoms. The van der Waals surface area contributed by atoms with Crippen molar-refractivity contribution in [2.75, 3.05) is 13.6 Å². The topological polar surface area (TPSA) is 165 Å². The van der Waals surface area contributed by atoms with E-state index in [0.717, 1.165) is 4.90 Å². The lowest BCUT2D eigenvalue weighted by atomic mass is 10.1. The van der Waals surface area contributed by atoms with Gasteiger partial charge in [0.1, 0.15) is 6.54 Å². The third kappa shape index (κ3) is 7.15. The van der Waals surface area contributed by atoms with E-state index in [1.165, 1.54) is 31.3 Å². The Morgan fingerprint density at radius 1 is 1.05 bits per heavy atom. The van der Waals surface area contributed by atoms with Crippen molar-refractivity contribution in [3.63, 3.8) is 0 Å². The molecular formula is C12H15N3O6. The van der Waals surface area contributed by atoms with Gasteiger partial charge < -0.3 is 26.0 Å². The van der Waals surface area contributed by atoms with Crippen molar-refractivity contribution < 1.29 is 29.7 Å². The quantitative estimate of drug-likeness (QED) is 0.382. The minimum atomic E-state index is -1.06. The van der Waals surface area contributed by atoms with Gasteiger partial charge in [0.15, 0.2) is 5.96 Å². The SMILES string of the molecule is CN(CC(=O)O)C(=N)N.O=C(O)c1ccc(C(=O)O)cc1. The highest BCUT2D eigenvalue weighted by molar-refractivity contribution is 5.91. The summed E-state index contributed by atoms with van der Waals surface area (Å²) in [6.45, 7) is -0.227. The molecule has 0 heterocycles. The Hall–Kier alpha value is -3.10. The molecule has 21 heavy (non-hydrogen) atoms. The third-order valence-corrected chi connectivity index (χ3v) is 2.16. The predicted molar refractivity (Wildman–Crippen MR) is 72.5 cm³/mol. The van der Waals surface area contributed by atoms with Crippen molar-refractivity contribution in [3.05, 3.63) is 35.4 Å². The van der Waals surface area contributed by atoms with Crippen molar-refractivity contribution in [2.24, 2.45) is 5.73 Å². The first-order valence-corrected chi connectivity index (χ1v) is 5.48. The molecule has 0 bridgehead atoms. The van der Waals surface area contributed by atoms with Crippen LogP contribution in [0.4, 0.5) is 0 Å².